The Morgan fingerprint density at radius 1 is 1.11 bits per heavy atom. The van der Waals surface area contributed by atoms with Crippen LogP contribution in [0.25, 0.3) is 0 Å². The molecule has 0 amide bonds. The number of hydrogen-bond acceptors (Lipinski definition) is 7. The van der Waals surface area contributed by atoms with E-state index in [2.05, 4.69) is 0 Å². The lowest BCUT2D eigenvalue weighted by molar-refractivity contribution is -0.384. The number of benzene rings is 2. The van der Waals surface area contributed by atoms with Crippen molar-refractivity contribution in [3.05, 3.63) is 75.3 Å². The number of esters is 1. The van der Waals surface area contributed by atoms with Crippen molar-refractivity contribution in [1.29, 1.82) is 0 Å². The Labute approximate surface area is 162 Å². The van der Waals surface area contributed by atoms with Crippen molar-refractivity contribution in [3.8, 4) is 0 Å². The molecule has 1 aliphatic heterocycles. The standard InChI is InChI=1S/C18H15NO6S2/c20-17(21)13-7-6-12(19(23)24)8-14(13)15-9-26-27-10-16(15)25-18(22)11-4-2-1-3-5-11/h1-8,15-16H,9-10H2,(H,20,21)/t15-,16+/m0/s1. The molecule has 0 radical (unpaired) electrons. The summed E-state index contributed by atoms with van der Waals surface area (Å²) in [6.07, 6.45) is -0.580. The molecule has 0 unspecified atom stereocenters. The van der Waals surface area contributed by atoms with Crippen LogP contribution in [-0.2, 0) is 4.74 Å². The molecule has 1 saturated heterocycles. The van der Waals surface area contributed by atoms with Crippen LogP contribution in [-0.4, -0.2) is 39.6 Å². The van der Waals surface area contributed by atoms with Crippen LogP contribution >= 0.6 is 21.6 Å². The quantitative estimate of drug-likeness (QED) is 0.344. The molecule has 1 heterocycles. The van der Waals surface area contributed by atoms with Crippen LogP contribution in [0.3, 0.4) is 0 Å². The highest BCUT2D eigenvalue weighted by molar-refractivity contribution is 8.76. The maximum Gasteiger partial charge on any atom is 0.338 e. The molecule has 2 aromatic carbocycles. The maximum atomic E-state index is 12.4. The Morgan fingerprint density at radius 2 is 1.81 bits per heavy atom. The number of carboxylic acids is 1. The van der Waals surface area contributed by atoms with Gasteiger partial charge in [-0.25, -0.2) is 9.59 Å². The highest BCUT2D eigenvalue weighted by Crippen LogP contribution is 2.41. The fourth-order valence-electron chi connectivity index (χ4n) is 2.81. The first-order valence-corrected chi connectivity index (χ1v) is 10.5. The van der Waals surface area contributed by atoms with E-state index in [0.717, 1.165) is 0 Å². The van der Waals surface area contributed by atoms with Gasteiger partial charge in [0.15, 0.2) is 0 Å². The van der Waals surface area contributed by atoms with E-state index in [1.54, 1.807) is 30.3 Å². The van der Waals surface area contributed by atoms with Crippen LogP contribution < -0.4 is 0 Å². The van der Waals surface area contributed by atoms with Crippen molar-refractivity contribution in [2.24, 2.45) is 0 Å². The van der Waals surface area contributed by atoms with Gasteiger partial charge in [-0.1, -0.05) is 39.8 Å². The van der Waals surface area contributed by atoms with E-state index in [9.17, 15) is 24.8 Å². The smallest absolute Gasteiger partial charge is 0.338 e. The van der Waals surface area contributed by atoms with Crippen molar-refractivity contribution in [1.82, 2.24) is 0 Å². The number of ether oxygens (including phenoxy) is 1. The van der Waals surface area contributed by atoms with Gasteiger partial charge in [0.2, 0.25) is 0 Å². The lowest BCUT2D eigenvalue weighted by Gasteiger charge is -2.31. The molecule has 0 bridgehead atoms. The minimum Gasteiger partial charge on any atom is -0.478 e. The van der Waals surface area contributed by atoms with Crippen molar-refractivity contribution in [2.75, 3.05) is 11.5 Å². The minimum atomic E-state index is -1.17. The van der Waals surface area contributed by atoms with E-state index < -0.39 is 28.9 Å². The number of non-ortho nitro benzene ring substituents is 1. The summed E-state index contributed by atoms with van der Waals surface area (Å²) in [7, 11) is 3.04. The molecule has 27 heavy (non-hydrogen) atoms. The van der Waals surface area contributed by atoms with Gasteiger partial charge in [-0.15, -0.1) is 0 Å². The van der Waals surface area contributed by atoms with Crippen molar-refractivity contribution >= 4 is 39.2 Å². The van der Waals surface area contributed by atoms with Gasteiger partial charge in [0.25, 0.3) is 5.69 Å². The summed E-state index contributed by atoms with van der Waals surface area (Å²) in [6.45, 7) is 0. The maximum absolute atomic E-state index is 12.4. The van der Waals surface area contributed by atoms with Crippen molar-refractivity contribution < 1.29 is 24.4 Å². The molecule has 2 aromatic rings. The fourth-order valence-corrected chi connectivity index (χ4v) is 5.40. The molecule has 9 heteroatoms. The second-order valence-electron chi connectivity index (χ2n) is 5.82. The molecule has 1 N–H and O–H groups in total. The molecule has 1 aliphatic rings. The van der Waals surface area contributed by atoms with E-state index in [1.165, 1.54) is 39.8 Å². The summed E-state index contributed by atoms with van der Waals surface area (Å²) in [5.41, 5.74) is 0.512. The Balaban J connectivity index is 1.93. The van der Waals surface area contributed by atoms with Crippen molar-refractivity contribution in [2.45, 2.75) is 12.0 Å². The first kappa shape index (κ1) is 19.2. The molecule has 0 saturated carbocycles. The minimum absolute atomic E-state index is 0.0149. The first-order chi connectivity index (χ1) is 13.0. The van der Waals surface area contributed by atoms with Crippen LogP contribution in [0, 0.1) is 10.1 Å². The number of carbonyl (C=O) groups excluding carboxylic acids is 1. The van der Waals surface area contributed by atoms with Gasteiger partial charge < -0.3 is 9.84 Å². The molecular weight excluding hydrogens is 390 g/mol. The van der Waals surface area contributed by atoms with Crippen LogP contribution in [0.1, 0.15) is 32.2 Å². The second-order valence-corrected chi connectivity index (χ2v) is 8.37. The zero-order chi connectivity index (χ0) is 19.4. The molecular formula is C18H15NO6S2. The zero-order valence-corrected chi connectivity index (χ0v) is 15.6. The molecule has 7 nitrogen and oxygen atoms in total. The first-order valence-electron chi connectivity index (χ1n) is 7.99. The predicted octanol–water partition coefficient (Wildman–Crippen LogP) is 4.00. The zero-order valence-electron chi connectivity index (χ0n) is 13.9. The van der Waals surface area contributed by atoms with Crippen molar-refractivity contribution in [3.63, 3.8) is 0 Å². The fraction of sp³-hybridized carbons (Fsp3) is 0.222. The average Bonchev–Trinajstić information content (AvgIpc) is 2.68. The molecule has 140 valence electrons. The largest absolute Gasteiger partial charge is 0.478 e. The molecule has 0 aromatic heterocycles. The third-order valence-corrected chi connectivity index (χ3v) is 6.60. The normalized spacial score (nSPS) is 19.3. The Hall–Kier alpha value is -2.52. The van der Waals surface area contributed by atoms with Crippen LogP contribution in [0.2, 0.25) is 0 Å². The molecule has 0 spiro atoms. The summed E-state index contributed by atoms with van der Waals surface area (Å²) in [5, 5.41) is 20.6. The summed E-state index contributed by atoms with van der Waals surface area (Å²) in [6, 6.07) is 12.2. The third kappa shape index (κ3) is 4.42. The summed E-state index contributed by atoms with van der Waals surface area (Å²) in [4.78, 5) is 34.6. The lowest BCUT2D eigenvalue weighted by Crippen LogP contribution is -2.32. The monoisotopic (exact) mass is 405 g/mol. The summed E-state index contributed by atoms with van der Waals surface area (Å²) in [5.74, 6) is -1.17. The van der Waals surface area contributed by atoms with E-state index >= 15 is 0 Å². The third-order valence-electron chi connectivity index (χ3n) is 4.16. The number of nitro benzene ring substituents is 1. The van der Waals surface area contributed by atoms with Gasteiger partial charge in [0.1, 0.15) is 6.10 Å². The van der Waals surface area contributed by atoms with Crippen LogP contribution in [0.4, 0.5) is 5.69 Å². The Morgan fingerprint density at radius 3 is 2.48 bits per heavy atom. The van der Waals surface area contributed by atoms with Gasteiger partial charge >= 0.3 is 11.9 Å². The number of nitro groups is 1. The number of rotatable bonds is 5. The highest BCUT2D eigenvalue weighted by atomic mass is 33.1. The van der Waals surface area contributed by atoms with E-state index in [4.69, 9.17) is 4.74 Å². The van der Waals surface area contributed by atoms with E-state index in [0.29, 0.717) is 22.6 Å². The molecule has 1 fully saturated rings. The Bertz CT molecular complexity index is 873. The van der Waals surface area contributed by atoms with Gasteiger partial charge in [-0.05, 0) is 23.8 Å². The second kappa shape index (κ2) is 8.45. The predicted molar refractivity (Wildman–Crippen MR) is 103 cm³/mol. The number of carboxylic acid groups (broad SMARTS) is 1. The number of carbonyl (C=O) groups is 2. The topological polar surface area (TPSA) is 107 Å². The molecule has 2 atom stereocenters. The van der Waals surface area contributed by atoms with Gasteiger partial charge in [-0.2, -0.15) is 0 Å². The Kier molecular flexibility index (Phi) is 6.02. The number of aromatic carboxylic acids is 1. The van der Waals surface area contributed by atoms with Crippen LogP contribution in [0.5, 0.6) is 0 Å². The SMILES string of the molecule is O=C(O[C@@H]1CSSC[C@H]1c1cc([N+](=O)[O-])ccc1C(=O)O)c1ccccc1. The van der Waals surface area contributed by atoms with E-state index in [-0.39, 0.29) is 11.3 Å². The lowest BCUT2D eigenvalue weighted by atomic mass is 9.91. The number of hydrogen-bond donors (Lipinski definition) is 1. The molecule has 0 aliphatic carbocycles. The van der Waals surface area contributed by atoms with Crippen LogP contribution in [0.15, 0.2) is 48.5 Å². The van der Waals surface area contributed by atoms with E-state index in [1.807, 2.05) is 0 Å². The highest BCUT2D eigenvalue weighted by Gasteiger charge is 2.34. The van der Waals surface area contributed by atoms with Gasteiger partial charge in [0.05, 0.1) is 16.1 Å². The van der Waals surface area contributed by atoms with Gasteiger partial charge in [0, 0.05) is 29.6 Å². The van der Waals surface area contributed by atoms with Gasteiger partial charge in [-0.3, -0.25) is 10.1 Å². The number of nitrogens with zero attached hydrogens (tertiary/aromatic N) is 1. The molecule has 3 rings (SSSR count). The summed E-state index contributed by atoms with van der Waals surface area (Å²) < 4.78 is 5.64. The average molecular weight is 405 g/mol. The summed E-state index contributed by atoms with van der Waals surface area (Å²) >= 11 is 0.